The number of carboxylic acid groups (broad SMARTS) is 1. The fourth-order valence-corrected chi connectivity index (χ4v) is 3.24. The number of carbonyl (C=O) groups is 2. The second-order valence-corrected chi connectivity index (χ2v) is 6.95. The lowest BCUT2D eigenvalue weighted by atomic mass is 10.0. The average Bonchev–Trinajstić information content (AvgIpc) is 2.50. The molecule has 0 saturated heterocycles. The summed E-state index contributed by atoms with van der Waals surface area (Å²) in [5.74, 6) is -2.94. The molecule has 0 aliphatic rings. The summed E-state index contributed by atoms with van der Waals surface area (Å²) in [4.78, 5) is 22.1. The molecule has 0 N–H and O–H groups in total. The lowest BCUT2D eigenvalue weighted by molar-refractivity contribution is -0.296. The molecule has 2 rings (SSSR count). The van der Waals surface area contributed by atoms with Gasteiger partial charge in [0.1, 0.15) is 16.6 Å². The quantitative estimate of drug-likeness (QED) is 0.459. The van der Waals surface area contributed by atoms with Crippen LogP contribution in [0.25, 0.3) is 0 Å². The molecule has 2 aromatic carbocycles. The number of Topliss-reactive ketones (excluding diaryl/α,β-unsaturated/α-hetero) is 1. The maximum atomic E-state index is 12.4. The highest BCUT2D eigenvalue weighted by molar-refractivity contribution is 7.87. The van der Waals surface area contributed by atoms with Crippen LogP contribution in [0.15, 0.2) is 41.3 Å². The summed E-state index contributed by atoms with van der Waals surface area (Å²) >= 11 is 0. The highest BCUT2D eigenvalue weighted by Gasteiger charge is 2.20. The van der Waals surface area contributed by atoms with Crippen LogP contribution < -0.4 is 9.29 Å². The van der Waals surface area contributed by atoms with E-state index in [9.17, 15) is 23.1 Å². The van der Waals surface area contributed by atoms with Crippen molar-refractivity contribution in [2.75, 3.05) is 0 Å². The second kappa shape index (κ2) is 6.45. The Bertz CT molecular complexity index is 888. The van der Waals surface area contributed by atoms with E-state index < -0.39 is 21.9 Å². The van der Waals surface area contributed by atoms with Gasteiger partial charge in [-0.15, -0.1) is 0 Å². The van der Waals surface area contributed by atoms with Crippen LogP contribution in [0.2, 0.25) is 0 Å². The minimum atomic E-state index is -4.04. The van der Waals surface area contributed by atoms with Crippen molar-refractivity contribution in [2.24, 2.45) is 0 Å². The van der Waals surface area contributed by atoms with E-state index in [0.717, 1.165) is 5.56 Å². The summed E-state index contributed by atoms with van der Waals surface area (Å²) in [7, 11) is -4.04. The Balaban J connectivity index is 2.41. The van der Waals surface area contributed by atoms with E-state index in [4.69, 9.17) is 4.18 Å². The molecule has 0 unspecified atom stereocenters. The Morgan fingerprint density at radius 2 is 1.46 bits per heavy atom. The van der Waals surface area contributed by atoms with E-state index in [1.54, 1.807) is 12.1 Å². The molecule has 0 atom stereocenters. The SMILES string of the molecule is Cc1ccc(S(=O)(=O)Oc2c(C)cc(C(=O)C(=O)[O-])cc2C)cc1. The molecule has 0 radical (unpaired) electrons. The van der Waals surface area contributed by atoms with Crippen LogP contribution in [0.5, 0.6) is 5.75 Å². The Morgan fingerprint density at radius 1 is 0.958 bits per heavy atom. The first-order valence-electron chi connectivity index (χ1n) is 7.00. The van der Waals surface area contributed by atoms with Crippen molar-refractivity contribution >= 4 is 21.9 Å². The van der Waals surface area contributed by atoms with Crippen molar-refractivity contribution in [3.63, 3.8) is 0 Å². The average molecular weight is 347 g/mol. The van der Waals surface area contributed by atoms with Gasteiger partial charge in [0.25, 0.3) is 0 Å². The lowest BCUT2D eigenvalue weighted by Gasteiger charge is -2.14. The van der Waals surface area contributed by atoms with Crippen LogP contribution in [0, 0.1) is 20.8 Å². The number of carboxylic acids is 1. The van der Waals surface area contributed by atoms with Crippen LogP contribution >= 0.6 is 0 Å². The highest BCUT2D eigenvalue weighted by atomic mass is 32.2. The Hall–Kier alpha value is -2.67. The van der Waals surface area contributed by atoms with Gasteiger partial charge in [-0.1, -0.05) is 17.7 Å². The predicted molar refractivity (Wildman–Crippen MR) is 84.2 cm³/mol. The van der Waals surface area contributed by atoms with Crippen LogP contribution in [-0.4, -0.2) is 20.2 Å². The van der Waals surface area contributed by atoms with Gasteiger partial charge in [-0.25, -0.2) is 0 Å². The van der Waals surface area contributed by atoms with Crippen molar-refractivity contribution in [2.45, 2.75) is 25.7 Å². The Morgan fingerprint density at radius 3 is 1.92 bits per heavy atom. The van der Waals surface area contributed by atoms with Crippen LogP contribution in [0.4, 0.5) is 0 Å². The van der Waals surface area contributed by atoms with Gasteiger partial charge in [0, 0.05) is 5.56 Å². The standard InChI is InChI=1S/C17H16O6S/c1-10-4-6-14(7-5-10)24(21,22)23-16-11(2)8-13(9-12(16)3)15(18)17(19)20/h4-9H,1-3H3,(H,19,20)/p-1. The zero-order chi connectivity index (χ0) is 18.1. The third-order valence-electron chi connectivity index (χ3n) is 3.41. The summed E-state index contributed by atoms with van der Waals surface area (Å²) in [6.45, 7) is 4.89. The number of benzene rings is 2. The van der Waals surface area contributed by atoms with Gasteiger partial charge in [-0.2, -0.15) is 8.42 Å². The number of hydrogen-bond acceptors (Lipinski definition) is 6. The molecule has 0 fully saturated rings. The number of rotatable bonds is 5. The van der Waals surface area contributed by atoms with Crippen molar-refractivity contribution in [3.05, 3.63) is 58.7 Å². The van der Waals surface area contributed by atoms with Crippen LogP contribution in [0.1, 0.15) is 27.0 Å². The molecule has 0 spiro atoms. The largest absolute Gasteiger partial charge is 0.541 e. The molecule has 0 bridgehead atoms. The van der Waals surface area contributed by atoms with E-state index >= 15 is 0 Å². The zero-order valence-corrected chi connectivity index (χ0v) is 14.1. The summed E-state index contributed by atoms with van der Waals surface area (Å²) < 4.78 is 29.9. The Labute approximate surface area is 139 Å². The van der Waals surface area contributed by atoms with Gasteiger partial charge in [0.2, 0.25) is 5.78 Å². The van der Waals surface area contributed by atoms with Gasteiger partial charge >= 0.3 is 10.1 Å². The van der Waals surface area contributed by atoms with Gasteiger partial charge in [0.15, 0.2) is 0 Å². The zero-order valence-electron chi connectivity index (χ0n) is 13.3. The smallest absolute Gasteiger partial charge is 0.339 e. The number of hydrogen-bond donors (Lipinski definition) is 0. The molecule has 0 heterocycles. The third-order valence-corrected chi connectivity index (χ3v) is 4.65. The molecular weight excluding hydrogens is 332 g/mol. The van der Waals surface area contributed by atoms with E-state index in [2.05, 4.69) is 0 Å². The minimum Gasteiger partial charge on any atom is -0.541 e. The second-order valence-electron chi connectivity index (χ2n) is 5.41. The fraction of sp³-hybridized carbons (Fsp3) is 0.176. The van der Waals surface area contributed by atoms with E-state index in [1.165, 1.54) is 38.1 Å². The van der Waals surface area contributed by atoms with Crippen molar-refractivity contribution in [1.29, 1.82) is 0 Å². The first kappa shape index (κ1) is 17.7. The van der Waals surface area contributed by atoms with Crippen LogP contribution in [-0.2, 0) is 14.9 Å². The minimum absolute atomic E-state index is 0.00166. The summed E-state index contributed by atoms with van der Waals surface area (Å²) in [6, 6.07) is 8.68. The van der Waals surface area contributed by atoms with Gasteiger partial charge in [0.05, 0.1) is 0 Å². The lowest BCUT2D eigenvalue weighted by Crippen LogP contribution is -2.31. The summed E-state index contributed by atoms with van der Waals surface area (Å²) in [6.07, 6.45) is 0. The molecule has 0 aliphatic carbocycles. The van der Waals surface area contributed by atoms with E-state index in [1.807, 2.05) is 6.92 Å². The normalized spacial score (nSPS) is 11.1. The van der Waals surface area contributed by atoms with Gasteiger partial charge in [-0.3, -0.25) is 4.79 Å². The predicted octanol–water partition coefficient (Wildman–Crippen LogP) is 1.31. The third kappa shape index (κ3) is 3.62. The number of carbonyl (C=O) groups excluding carboxylic acids is 2. The monoisotopic (exact) mass is 347 g/mol. The summed E-state index contributed by atoms with van der Waals surface area (Å²) in [5, 5.41) is 10.7. The van der Waals surface area contributed by atoms with Crippen molar-refractivity contribution in [3.8, 4) is 5.75 Å². The first-order valence-corrected chi connectivity index (χ1v) is 8.40. The maximum absolute atomic E-state index is 12.4. The number of ketones is 1. The molecule has 6 nitrogen and oxygen atoms in total. The van der Waals surface area contributed by atoms with Crippen LogP contribution in [0.3, 0.4) is 0 Å². The topological polar surface area (TPSA) is 101 Å². The number of aryl methyl sites for hydroxylation is 3. The molecule has 7 heteroatoms. The summed E-state index contributed by atoms with van der Waals surface area (Å²) in [5.41, 5.74) is 1.47. The molecule has 2 aromatic rings. The maximum Gasteiger partial charge on any atom is 0.339 e. The molecule has 0 saturated carbocycles. The molecule has 0 aliphatic heterocycles. The van der Waals surface area contributed by atoms with Crippen molar-refractivity contribution in [1.82, 2.24) is 0 Å². The molecule has 0 amide bonds. The molecule has 24 heavy (non-hydrogen) atoms. The first-order chi connectivity index (χ1) is 11.1. The van der Waals surface area contributed by atoms with E-state index in [-0.39, 0.29) is 16.2 Å². The fourth-order valence-electron chi connectivity index (χ4n) is 2.19. The van der Waals surface area contributed by atoms with Crippen molar-refractivity contribution < 1.29 is 27.3 Å². The van der Waals surface area contributed by atoms with Gasteiger partial charge < -0.3 is 14.1 Å². The molecule has 126 valence electrons. The molecule has 0 aromatic heterocycles. The van der Waals surface area contributed by atoms with Gasteiger partial charge in [-0.05, 0) is 56.2 Å². The van der Waals surface area contributed by atoms with E-state index in [0.29, 0.717) is 11.1 Å². The number of aliphatic carboxylic acids is 1. The molecular formula is C17H15O6S-. The Kier molecular flexibility index (Phi) is 4.75. The highest BCUT2D eigenvalue weighted by Crippen LogP contribution is 2.28.